The average Bonchev–Trinajstić information content (AvgIpc) is 2.73. The van der Waals surface area contributed by atoms with Crippen LogP contribution in [-0.4, -0.2) is 17.6 Å². The molecule has 0 unspecified atom stereocenters. The van der Waals surface area contributed by atoms with Crippen molar-refractivity contribution in [2.75, 3.05) is 0 Å². The largest absolute Gasteiger partial charge is 0.487 e. The lowest BCUT2D eigenvalue weighted by atomic mass is 9.83. The number of hydrogen-bond acceptors (Lipinski definition) is 3. The van der Waals surface area contributed by atoms with Crippen LogP contribution in [0, 0.1) is 0 Å². The number of ether oxygens (including phenoxy) is 2. The molecule has 0 fully saturated rings. The third-order valence-corrected chi connectivity index (χ3v) is 5.83. The van der Waals surface area contributed by atoms with Gasteiger partial charge in [0.15, 0.2) is 6.10 Å². The summed E-state index contributed by atoms with van der Waals surface area (Å²) in [5.41, 5.74) is 1.90. The third-order valence-electron chi connectivity index (χ3n) is 5.83. The summed E-state index contributed by atoms with van der Waals surface area (Å²) in [5, 5.41) is 3.21. The molecule has 2 aromatic rings. The second-order valence-electron chi connectivity index (χ2n) is 7.52. The molecule has 0 aromatic heterocycles. The van der Waals surface area contributed by atoms with Gasteiger partial charge in [-0.25, -0.2) is 0 Å². The molecular weight excluding hydrogens is 350 g/mol. The maximum absolute atomic E-state index is 12.9. The van der Waals surface area contributed by atoms with E-state index in [0.29, 0.717) is 0 Å². The number of rotatable bonds is 7. The molecule has 2 aromatic carbocycles. The predicted molar refractivity (Wildman–Crippen MR) is 112 cm³/mol. The molecule has 1 N–H and O–H groups in total. The van der Waals surface area contributed by atoms with Gasteiger partial charge in [0, 0.05) is 12.0 Å². The van der Waals surface area contributed by atoms with E-state index in [1.807, 2.05) is 48.5 Å². The molecule has 0 saturated heterocycles. The molecule has 1 amide bonds. The molecule has 0 aliphatic carbocycles. The van der Waals surface area contributed by atoms with Crippen LogP contribution in [0.1, 0.15) is 64.1 Å². The number of carbonyl (C=O) groups excluding carboxylic acids is 1. The van der Waals surface area contributed by atoms with Gasteiger partial charge in [0.25, 0.3) is 5.91 Å². The number of amides is 1. The Kier molecular flexibility index (Phi) is 6.28. The van der Waals surface area contributed by atoms with E-state index >= 15 is 0 Å². The molecule has 1 heterocycles. The predicted octanol–water partition coefficient (Wildman–Crippen LogP) is 5.22. The van der Waals surface area contributed by atoms with Crippen molar-refractivity contribution in [1.29, 1.82) is 0 Å². The molecule has 4 nitrogen and oxygen atoms in total. The van der Waals surface area contributed by atoms with Crippen LogP contribution in [0.3, 0.4) is 0 Å². The standard InChI is InChI=1S/C24H31NO3/c1-5-18-12-8-10-14-21(18)27-17(4)23(26)25-20-16-24(6-2,7-3)28-22-15-11-9-13-19(20)22/h8-15,17,20H,5-7,16H2,1-4H3,(H,25,26)/t17-,20+/m0/s1. The molecule has 150 valence electrons. The van der Waals surface area contributed by atoms with Gasteiger partial charge in [-0.3, -0.25) is 4.79 Å². The fraction of sp³-hybridized carbons (Fsp3) is 0.458. The van der Waals surface area contributed by atoms with E-state index in [9.17, 15) is 4.79 Å². The Balaban J connectivity index is 1.77. The number of hydrogen-bond donors (Lipinski definition) is 1. The van der Waals surface area contributed by atoms with E-state index < -0.39 is 6.10 Å². The van der Waals surface area contributed by atoms with E-state index in [-0.39, 0.29) is 17.6 Å². The zero-order valence-corrected chi connectivity index (χ0v) is 17.3. The third kappa shape index (κ3) is 4.16. The van der Waals surface area contributed by atoms with E-state index in [4.69, 9.17) is 9.47 Å². The summed E-state index contributed by atoms with van der Waals surface area (Å²) in [6.45, 7) is 8.17. The maximum atomic E-state index is 12.9. The maximum Gasteiger partial charge on any atom is 0.261 e. The Hall–Kier alpha value is -2.49. The lowest BCUT2D eigenvalue weighted by molar-refractivity contribution is -0.128. The van der Waals surface area contributed by atoms with Gasteiger partial charge in [0.2, 0.25) is 0 Å². The summed E-state index contributed by atoms with van der Waals surface area (Å²) < 4.78 is 12.3. The molecule has 3 rings (SSSR count). The van der Waals surface area contributed by atoms with Crippen LogP contribution in [0.25, 0.3) is 0 Å². The quantitative estimate of drug-likeness (QED) is 0.716. The summed E-state index contributed by atoms with van der Waals surface area (Å²) in [5.74, 6) is 1.54. The van der Waals surface area contributed by atoms with Crippen molar-refractivity contribution in [2.45, 2.75) is 71.1 Å². The number of nitrogens with one attached hydrogen (secondary N) is 1. The number of fused-ring (bicyclic) bond motifs is 1. The first-order valence-electron chi connectivity index (χ1n) is 10.3. The summed E-state index contributed by atoms with van der Waals surface area (Å²) in [6.07, 6.45) is 2.87. The highest BCUT2D eigenvalue weighted by Crippen LogP contribution is 2.42. The van der Waals surface area contributed by atoms with Crippen molar-refractivity contribution in [3.8, 4) is 11.5 Å². The van der Waals surface area contributed by atoms with Crippen molar-refractivity contribution < 1.29 is 14.3 Å². The zero-order valence-electron chi connectivity index (χ0n) is 17.3. The van der Waals surface area contributed by atoms with E-state index in [0.717, 1.165) is 48.3 Å². The van der Waals surface area contributed by atoms with E-state index in [1.54, 1.807) is 6.92 Å². The molecule has 4 heteroatoms. The van der Waals surface area contributed by atoms with Crippen LogP contribution >= 0.6 is 0 Å². The SMILES string of the molecule is CCc1ccccc1O[C@@H](C)C(=O)N[C@@H]1CC(CC)(CC)Oc2ccccc21. The highest BCUT2D eigenvalue weighted by atomic mass is 16.5. The molecule has 1 aliphatic rings. The normalized spacial score (nSPS) is 18.5. The molecular formula is C24H31NO3. The minimum Gasteiger partial charge on any atom is -0.487 e. The van der Waals surface area contributed by atoms with Crippen LogP contribution in [0.4, 0.5) is 0 Å². The Labute approximate surface area is 168 Å². The van der Waals surface area contributed by atoms with Crippen molar-refractivity contribution in [3.63, 3.8) is 0 Å². The molecule has 28 heavy (non-hydrogen) atoms. The minimum absolute atomic E-state index is 0.0789. The van der Waals surface area contributed by atoms with Gasteiger partial charge >= 0.3 is 0 Å². The number of aryl methyl sites for hydroxylation is 1. The van der Waals surface area contributed by atoms with Crippen molar-refractivity contribution in [1.82, 2.24) is 5.32 Å². The Bertz CT molecular complexity index is 813. The first-order valence-corrected chi connectivity index (χ1v) is 10.3. The minimum atomic E-state index is -0.569. The van der Waals surface area contributed by atoms with Crippen molar-refractivity contribution in [3.05, 3.63) is 59.7 Å². The molecule has 0 spiro atoms. The Morgan fingerprint density at radius 1 is 1.14 bits per heavy atom. The van der Waals surface area contributed by atoms with E-state index in [2.05, 4.69) is 26.1 Å². The topological polar surface area (TPSA) is 47.6 Å². The summed E-state index contributed by atoms with van der Waals surface area (Å²) in [6, 6.07) is 15.8. The summed E-state index contributed by atoms with van der Waals surface area (Å²) in [7, 11) is 0. The molecule has 0 radical (unpaired) electrons. The van der Waals surface area contributed by atoms with Gasteiger partial charge in [-0.1, -0.05) is 57.2 Å². The van der Waals surface area contributed by atoms with Crippen LogP contribution < -0.4 is 14.8 Å². The van der Waals surface area contributed by atoms with Crippen LogP contribution in [0.2, 0.25) is 0 Å². The lowest BCUT2D eigenvalue weighted by Crippen LogP contribution is -2.47. The van der Waals surface area contributed by atoms with Gasteiger partial charge in [0.05, 0.1) is 6.04 Å². The molecule has 1 aliphatic heterocycles. The second kappa shape index (κ2) is 8.68. The highest BCUT2D eigenvalue weighted by molar-refractivity contribution is 5.81. The van der Waals surface area contributed by atoms with Crippen LogP contribution in [0.5, 0.6) is 11.5 Å². The number of para-hydroxylation sites is 2. The zero-order chi connectivity index (χ0) is 20.1. The van der Waals surface area contributed by atoms with Gasteiger partial charge < -0.3 is 14.8 Å². The average molecular weight is 382 g/mol. The van der Waals surface area contributed by atoms with Crippen LogP contribution in [-0.2, 0) is 11.2 Å². The smallest absolute Gasteiger partial charge is 0.261 e. The highest BCUT2D eigenvalue weighted by Gasteiger charge is 2.39. The first kappa shape index (κ1) is 20.2. The summed E-state index contributed by atoms with van der Waals surface area (Å²) in [4.78, 5) is 12.9. The Morgan fingerprint density at radius 3 is 2.54 bits per heavy atom. The molecule has 0 bridgehead atoms. The van der Waals surface area contributed by atoms with E-state index in [1.165, 1.54) is 0 Å². The van der Waals surface area contributed by atoms with Crippen molar-refractivity contribution >= 4 is 5.91 Å². The van der Waals surface area contributed by atoms with Gasteiger partial charge in [-0.15, -0.1) is 0 Å². The number of carbonyl (C=O) groups is 1. The second-order valence-corrected chi connectivity index (χ2v) is 7.52. The van der Waals surface area contributed by atoms with Gasteiger partial charge in [0.1, 0.15) is 17.1 Å². The van der Waals surface area contributed by atoms with Gasteiger partial charge in [-0.2, -0.15) is 0 Å². The lowest BCUT2D eigenvalue weighted by Gasteiger charge is -2.41. The molecule has 0 saturated carbocycles. The fourth-order valence-corrected chi connectivity index (χ4v) is 3.87. The Morgan fingerprint density at radius 2 is 1.82 bits per heavy atom. The van der Waals surface area contributed by atoms with Gasteiger partial charge in [-0.05, 0) is 43.9 Å². The molecule has 2 atom stereocenters. The fourth-order valence-electron chi connectivity index (χ4n) is 3.87. The summed E-state index contributed by atoms with van der Waals surface area (Å²) >= 11 is 0. The first-order chi connectivity index (χ1) is 13.5. The van der Waals surface area contributed by atoms with Crippen LogP contribution in [0.15, 0.2) is 48.5 Å². The monoisotopic (exact) mass is 381 g/mol. The van der Waals surface area contributed by atoms with Crippen molar-refractivity contribution in [2.24, 2.45) is 0 Å². The number of benzene rings is 2.